The van der Waals surface area contributed by atoms with Crippen LogP contribution >= 0.6 is 0 Å². The maximum Gasteiger partial charge on any atom is 0.161 e. The molecule has 1 aromatic heterocycles. The first-order valence-corrected chi connectivity index (χ1v) is 10.2. The number of para-hydroxylation sites is 3. The first-order valence-electron chi connectivity index (χ1n) is 10.2. The minimum atomic E-state index is 0.664. The van der Waals surface area contributed by atoms with Gasteiger partial charge in [-0.3, -0.25) is 4.98 Å². The van der Waals surface area contributed by atoms with Gasteiger partial charge in [0.1, 0.15) is 13.2 Å². The molecule has 2 aliphatic rings. The molecule has 0 fully saturated rings. The number of fused-ring (bicyclic) bond motifs is 3. The molecule has 0 spiro atoms. The molecule has 0 bridgehead atoms. The summed E-state index contributed by atoms with van der Waals surface area (Å²) < 4.78 is 15.9. The molecule has 4 heteroatoms. The van der Waals surface area contributed by atoms with Crippen molar-refractivity contribution in [2.75, 3.05) is 19.8 Å². The topological polar surface area (TPSA) is 40.6 Å². The molecule has 0 saturated heterocycles. The van der Waals surface area contributed by atoms with Crippen LogP contribution in [0.3, 0.4) is 0 Å². The number of rotatable bonds is 0. The monoisotopic (exact) mass is 399 g/mol. The van der Waals surface area contributed by atoms with Gasteiger partial charge in [-0.05, 0) is 41.8 Å². The van der Waals surface area contributed by atoms with Crippen molar-refractivity contribution in [2.45, 2.75) is 13.0 Å². The largest absolute Gasteiger partial charge is 0.486 e. The molecule has 0 unspecified atom stereocenters. The Bertz CT molecular complexity index is 913. The highest BCUT2D eigenvalue weighted by Crippen LogP contribution is 2.28. The molecule has 152 valence electrons. The molecule has 0 atom stereocenters. The molecule has 3 heterocycles. The Labute approximate surface area is 177 Å². The molecular weight excluding hydrogens is 374 g/mol. The normalized spacial score (nSPS) is 13.7. The van der Waals surface area contributed by atoms with Crippen LogP contribution in [-0.4, -0.2) is 24.8 Å². The van der Waals surface area contributed by atoms with Gasteiger partial charge in [0.15, 0.2) is 11.5 Å². The molecule has 6 rings (SSSR count). The van der Waals surface area contributed by atoms with Gasteiger partial charge in [-0.2, -0.15) is 0 Å². The molecular formula is C26H25NO3. The zero-order valence-corrected chi connectivity index (χ0v) is 16.9. The maximum absolute atomic E-state index is 5.30. The summed E-state index contributed by atoms with van der Waals surface area (Å²) in [5.41, 5.74) is 3.87. The van der Waals surface area contributed by atoms with Crippen LogP contribution in [-0.2, 0) is 17.8 Å². The molecule has 4 nitrogen and oxygen atoms in total. The predicted molar refractivity (Wildman–Crippen MR) is 119 cm³/mol. The molecule has 0 N–H and O–H groups in total. The number of nitrogens with zero attached hydrogens (tertiary/aromatic N) is 1. The first-order chi connectivity index (χ1) is 14.9. The Hall–Kier alpha value is -3.37. The lowest BCUT2D eigenvalue weighted by molar-refractivity contribution is 0.111. The summed E-state index contributed by atoms with van der Waals surface area (Å²) >= 11 is 0. The molecule has 0 radical (unpaired) electrons. The fourth-order valence-corrected chi connectivity index (χ4v) is 3.31. The highest BCUT2D eigenvalue weighted by atomic mass is 16.6. The third-order valence-electron chi connectivity index (χ3n) is 4.85. The molecule has 2 aliphatic heterocycles. The minimum absolute atomic E-state index is 0.664. The summed E-state index contributed by atoms with van der Waals surface area (Å²) in [5, 5.41) is 1.20. The van der Waals surface area contributed by atoms with E-state index in [9.17, 15) is 0 Å². The summed E-state index contributed by atoms with van der Waals surface area (Å²) in [6.45, 7) is 3.02. The first kappa shape index (κ1) is 19.9. The van der Waals surface area contributed by atoms with Crippen molar-refractivity contribution in [3.63, 3.8) is 0 Å². The standard InChI is InChI=1S/C9H7N.C9H10O.C8H8O2/c1-2-6-9-8(4-1)5-3-7-10-9;1-2-4-9-7-10-6-5-8(9)3-1;1-2-4-8-7(3-1)9-5-6-10-8/h1-7H;1-4H,5-7H2;1-4H,5-6H2. The smallest absolute Gasteiger partial charge is 0.161 e. The Morgan fingerprint density at radius 3 is 1.97 bits per heavy atom. The quantitative estimate of drug-likeness (QED) is 0.394. The molecule has 30 heavy (non-hydrogen) atoms. The van der Waals surface area contributed by atoms with Crippen LogP contribution in [0.4, 0.5) is 0 Å². The van der Waals surface area contributed by atoms with E-state index in [-0.39, 0.29) is 0 Å². The number of aromatic nitrogens is 1. The lowest BCUT2D eigenvalue weighted by Gasteiger charge is -2.17. The van der Waals surface area contributed by atoms with E-state index in [2.05, 4.69) is 41.4 Å². The number of hydrogen-bond donors (Lipinski definition) is 0. The van der Waals surface area contributed by atoms with Crippen LogP contribution in [0.2, 0.25) is 0 Å². The van der Waals surface area contributed by atoms with E-state index in [1.807, 2.05) is 54.7 Å². The van der Waals surface area contributed by atoms with Gasteiger partial charge < -0.3 is 14.2 Å². The zero-order valence-electron chi connectivity index (χ0n) is 16.9. The van der Waals surface area contributed by atoms with Crippen molar-refractivity contribution in [1.82, 2.24) is 4.98 Å². The average Bonchev–Trinajstić information content (AvgIpc) is 2.85. The zero-order chi connectivity index (χ0) is 20.4. The molecule has 0 aliphatic carbocycles. The van der Waals surface area contributed by atoms with Crippen molar-refractivity contribution in [3.8, 4) is 11.5 Å². The van der Waals surface area contributed by atoms with Crippen LogP contribution in [0.5, 0.6) is 11.5 Å². The molecule has 3 aromatic carbocycles. The van der Waals surface area contributed by atoms with Gasteiger partial charge in [0.05, 0.1) is 18.7 Å². The van der Waals surface area contributed by atoms with Crippen LogP contribution in [0.15, 0.2) is 91.1 Å². The van der Waals surface area contributed by atoms with Crippen LogP contribution < -0.4 is 9.47 Å². The van der Waals surface area contributed by atoms with Gasteiger partial charge in [-0.1, -0.05) is 60.7 Å². The van der Waals surface area contributed by atoms with Crippen molar-refractivity contribution in [2.24, 2.45) is 0 Å². The SMILES string of the molecule is c1ccc2c(c1)CCOC2.c1ccc2c(c1)OCCO2.c1ccc2ncccc2c1. The maximum atomic E-state index is 5.30. The highest BCUT2D eigenvalue weighted by Gasteiger charge is 2.08. The van der Waals surface area contributed by atoms with Crippen molar-refractivity contribution >= 4 is 10.9 Å². The van der Waals surface area contributed by atoms with E-state index >= 15 is 0 Å². The number of benzene rings is 3. The third kappa shape index (κ3) is 5.37. The Morgan fingerprint density at radius 2 is 1.23 bits per heavy atom. The lowest BCUT2D eigenvalue weighted by Crippen LogP contribution is -2.14. The Balaban J connectivity index is 0.000000109. The van der Waals surface area contributed by atoms with Gasteiger partial charge in [0.25, 0.3) is 0 Å². The Kier molecular flexibility index (Phi) is 6.92. The predicted octanol–water partition coefficient (Wildman–Crippen LogP) is 5.45. The van der Waals surface area contributed by atoms with Crippen LogP contribution in [0, 0.1) is 0 Å². The average molecular weight is 399 g/mol. The third-order valence-corrected chi connectivity index (χ3v) is 4.85. The fraction of sp³-hybridized carbons (Fsp3) is 0.192. The number of ether oxygens (including phenoxy) is 3. The van der Waals surface area contributed by atoms with Gasteiger partial charge in [-0.25, -0.2) is 0 Å². The van der Waals surface area contributed by atoms with Gasteiger partial charge in [0.2, 0.25) is 0 Å². The van der Waals surface area contributed by atoms with E-state index in [1.165, 1.54) is 16.5 Å². The second-order valence-corrected chi connectivity index (χ2v) is 6.91. The van der Waals surface area contributed by atoms with E-state index in [0.717, 1.165) is 36.7 Å². The van der Waals surface area contributed by atoms with Gasteiger partial charge in [0, 0.05) is 11.6 Å². The van der Waals surface area contributed by atoms with Crippen LogP contribution in [0.1, 0.15) is 11.1 Å². The highest BCUT2D eigenvalue weighted by molar-refractivity contribution is 5.77. The second kappa shape index (κ2) is 10.4. The second-order valence-electron chi connectivity index (χ2n) is 6.91. The summed E-state index contributed by atoms with van der Waals surface area (Å²) in [7, 11) is 0. The van der Waals surface area contributed by atoms with Crippen molar-refractivity contribution < 1.29 is 14.2 Å². The molecule has 0 amide bonds. The van der Waals surface area contributed by atoms with Crippen molar-refractivity contribution in [3.05, 3.63) is 102 Å². The Morgan fingerprint density at radius 1 is 0.600 bits per heavy atom. The van der Waals surface area contributed by atoms with Crippen molar-refractivity contribution in [1.29, 1.82) is 0 Å². The lowest BCUT2D eigenvalue weighted by atomic mass is 10.0. The number of pyridine rings is 1. The summed E-state index contributed by atoms with van der Waals surface area (Å²) in [6, 6.07) is 28.2. The number of hydrogen-bond acceptors (Lipinski definition) is 4. The van der Waals surface area contributed by atoms with Gasteiger partial charge >= 0.3 is 0 Å². The van der Waals surface area contributed by atoms with E-state index in [0.29, 0.717) is 13.2 Å². The van der Waals surface area contributed by atoms with E-state index in [4.69, 9.17) is 14.2 Å². The van der Waals surface area contributed by atoms with Crippen LogP contribution in [0.25, 0.3) is 10.9 Å². The van der Waals surface area contributed by atoms with Gasteiger partial charge in [-0.15, -0.1) is 0 Å². The summed E-state index contributed by atoms with van der Waals surface area (Å²) in [6.07, 6.45) is 2.89. The molecule has 0 saturated carbocycles. The minimum Gasteiger partial charge on any atom is -0.486 e. The molecule has 4 aromatic rings. The van der Waals surface area contributed by atoms with E-state index in [1.54, 1.807) is 0 Å². The summed E-state index contributed by atoms with van der Waals surface area (Å²) in [4.78, 5) is 4.18. The summed E-state index contributed by atoms with van der Waals surface area (Å²) in [5.74, 6) is 1.71. The van der Waals surface area contributed by atoms with E-state index < -0.39 is 0 Å². The fourth-order valence-electron chi connectivity index (χ4n) is 3.31.